The second-order valence-electron chi connectivity index (χ2n) is 3.26. The van der Waals surface area contributed by atoms with Crippen LogP contribution in [0, 0.1) is 0 Å². The second-order valence-corrected chi connectivity index (χ2v) is 5.48. The predicted octanol–water partition coefficient (Wildman–Crippen LogP) is 0.696. The molecule has 86 valence electrons. The summed E-state index contributed by atoms with van der Waals surface area (Å²) >= 11 is 5.36. The Bertz CT molecular complexity index is 241. The highest BCUT2D eigenvalue weighted by Crippen LogP contribution is 2.15. The van der Waals surface area contributed by atoms with E-state index in [1.54, 1.807) is 0 Å². The molecule has 0 aliphatic heterocycles. The van der Waals surface area contributed by atoms with Gasteiger partial charge in [-0.2, -0.15) is 0 Å². The van der Waals surface area contributed by atoms with Gasteiger partial charge in [-0.05, 0) is 12.8 Å². The Morgan fingerprint density at radius 3 is 2.14 bits per heavy atom. The fourth-order valence-electron chi connectivity index (χ4n) is 1.13. The molecule has 0 aliphatic carbocycles. The summed E-state index contributed by atoms with van der Waals surface area (Å²) in [4.78, 5) is 0. The Balaban J connectivity index is 4.59. The van der Waals surface area contributed by atoms with Crippen molar-refractivity contribution >= 4 is 21.6 Å². The van der Waals surface area contributed by atoms with E-state index in [2.05, 4.69) is 4.72 Å². The van der Waals surface area contributed by atoms with Gasteiger partial charge in [0.15, 0.2) is 0 Å². The molecule has 0 saturated carbocycles. The standard InChI is InChI=1S/C8H18ClNO3S/c1-3-8(4-2,7-11)10-14(12,13)6-5-9/h10-11H,3-7H2,1-2H3. The van der Waals surface area contributed by atoms with Crippen molar-refractivity contribution in [3.63, 3.8) is 0 Å². The maximum Gasteiger partial charge on any atom is 0.213 e. The third-order valence-corrected chi connectivity index (χ3v) is 4.27. The van der Waals surface area contributed by atoms with Gasteiger partial charge in [0.2, 0.25) is 10.0 Å². The van der Waals surface area contributed by atoms with Crippen LogP contribution in [0.5, 0.6) is 0 Å². The molecule has 2 N–H and O–H groups in total. The minimum Gasteiger partial charge on any atom is -0.394 e. The molecule has 0 unspecified atom stereocenters. The van der Waals surface area contributed by atoms with Crippen molar-refractivity contribution in [3.8, 4) is 0 Å². The average molecular weight is 244 g/mol. The molecule has 0 aromatic rings. The van der Waals surface area contributed by atoms with Crippen LogP contribution < -0.4 is 4.72 Å². The van der Waals surface area contributed by atoms with Crippen molar-refractivity contribution in [1.82, 2.24) is 4.72 Å². The zero-order valence-corrected chi connectivity index (χ0v) is 10.2. The van der Waals surface area contributed by atoms with Gasteiger partial charge in [0.25, 0.3) is 0 Å². The summed E-state index contributed by atoms with van der Waals surface area (Å²) in [5, 5.41) is 9.15. The maximum atomic E-state index is 11.4. The molecule has 0 aliphatic rings. The van der Waals surface area contributed by atoms with Crippen LogP contribution in [-0.2, 0) is 10.0 Å². The zero-order chi connectivity index (χ0) is 11.2. The fraction of sp³-hybridized carbons (Fsp3) is 1.00. The van der Waals surface area contributed by atoms with Gasteiger partial charge >= 0.3 is 0 Å². The summed E-state index contributed by atoms with van der Waals surface area (Å²) in [7, 11) is -3.37. The summed E-state index contributed by atoms with van der Waals surface area (Å²) in [5.41, 5.74) is -0.731. The number of halogens is 1. The van der Waals surface area contributed by atoms with Crippen molar-refractivity contribution in [2.75, 3.05) is 18.2 Å². The van der Waals surface area contributed by atoms with Gasteiger partial charge in [-0.25, -0.2) is 13.1 Å². The molecule has 0 aromatic heterocycles. The Morgan fingerprint density at radius 1 is 1.36 bits per heavy atom. The topological polar surface area (TPSA) is 66.4 Å². The molecule has 0 atom stereocenters. The molecule has 0 amide bonds. The SMILES string of the molecule is CCC(CC)(CO)NS(=O)(=O)CCCl. The molecule has 0 saturated heterocycles. The number of nitrogens with one attached hydrogen (secondary N) is 1. The smallest absolute Gasteiger partial charge is 0.213 e. The summed E-state index contributed by atoms with van der Waals surface area (Å²) in [5.74, 6) is -0.0550. The van der Waals surface area contributed by atoms with E-state index in [-0.39, 0.29) is 18.2 Å². The number of hydrogen-bond donors (Lipinski definition) is 2. The van der Waals surface area contributed by atoms with Crippen LogP contribution in [0.1, 0.15) is 26.7 Å². The first-order valence-corrected chi connectivity index (χ1v) is 6.82. The Hall–Kier alpha value is 0.160. The van der Waals surface area contributed by atoms with E-state index in [1.165, 1.54) is 0 Å². The van der Waals surface area contributed by atoms with Crippen LogP contribution in [0.15, 0.2) is 0 Å². The van der Waals surface area contributed by atoms with Crippen LogP contribution in [0.25, 0.3) is 0 Å². The van der Waals surface area contributed by atoms with Gasteiger partial charge in [-0.15, -0.1) is 11.6 Å². The van der Waals surface area contributed by atoms with Crippen LogP contribution in [0.2, 0.25) is 0 Å². The molecule has 0 rings (SSSR count). The molecule has 14 heavy (non-hydrogen) atoms. The van der Waals surface area contributed by atoms with Crippen molar-refractivity contribution in [2.24, 2.45) is 0 Å². The number of alkyl halides is 1. The lowest BCUT2D eigenvalue weighted by Crippen LogP contribution is -2.51. The van der Waals surface area contributed by atoms with Crippen LogP contribution >= 0.6 is 11.6 Å². The van der Waals surface area contributed by atoms with E-state index >= 15 is 0 Å². The van der Waals surface area contributed by atoms with E-state index in [4.69, 9.17) is 16.7 Å². The molecule has 0 spiro atoms. The number of hydrogen-bond acceptors (Lipinski definition) is 3. The van der Waals surface area contributed by atoms with Gasteiger partial charge in [0, 0.05) is 5.88 Å². The second kappa shape index (κ2) is 5.90. The molecule has 4 nitrogen and oxygen atoms in total. The number of rotatable bonds is 7. The zero-order valence-electron chi connectivity index (χ0n) is 8.59. The van der Waals surface area contributed by atoms with Gasteiger partial charge in [0.1, 0.15) is 0 Å². The summed E-state index contributed by atoms with van der Waals surface area (Å²) < 4.78 is 25.3. The van der Waals surface area contributed by atoms with Crippen LogP contribution in [-0.4, -0.2) is 37.3 Å². The van der Waals surface area contributed by atoms with Gasteiger partial charge < -0.3 is 5.11 Å². The van der Waals surface area contributed by atoms with Crippen LogP contribution in [0.4, 0.5) is 0 Å². The van der Waals surface area contributed by atoms with Gasteiger partial charge in [-0.1, -0.05) is 13.8 Å². The number of aliphatic hydroxyl groups excluding tert-OH is 1. The molecule has 0 radical (unpaired) electrons. The van der Waals surface area contributed by atoms with E-state index in [0.29, 0.717) is 12.8 Å². The van der Waals surface area contributed by atoms with E-state index in [9.17, 15) is 8.42 Å². The van der Waals surface area contributed by atoms with Gasteiger partial charge in [0.05, 0.1) is 17.9 Å². The third kappa shape index (κ3) is 4.13. The molecule has 6 heteroatoms. The third-order valence-electron chi connectivity index (χ3n) is 2.37. The van der Waals surface area contributed by atoms with Crippen LogP contribution in [0.3, 0.4) is 0 Å². The Kier molecular flexibility index (Phi) is 5.97. The van der Waals surface area contributed by atoms with Crippen molar-refractivity contribution in [3.05, 3.63) is 0 Å². The highest BCUT2D eigenvalue weighted by molar-refractivity contribution is 7.89. The summed E-state index contributed by atoms with van der Waals surface area (Å²) in [6, 6.07) is 0. The monoisotopic (exact) mass is 243 g/mol. The first-order valence-electron chi connectivity index (χ1n) is 4.63. The molecule has 0 aromatic carbocycles. The normalized spacial score (nSPS) is 13.1. The highest BCUT2D eigenvalue weighted by atomic mass is 35.5. The van der Waals surface area contributed by atoms with E-state index < -0.39 is 15.6 Å². The Morgan fingerprint density at radius 2 is 1.86 bits per heavy atom. The minimum absolute atomic E-state index is 0.0598. The van der Waals surface area contributed by atoms with E-state index in [1.807, 2.05) is 13.8 Å². The lowest BCUT2D eigenvalue weighted by atomic mass is 9.96. The summed E-state index contributed by atoms with van der Waals surface area (Å²) in [6.07, 6.45) is 1.11. The number of aliphatic hydroxyl groups is 1. The highest BCUT2D eigenvalue weighted by Gasteiger charge is 2.29. The maximum absolute atomic E-state index is 11.4. The Labute approximate surface area is 90.7 Å². The lowest BCUT2D eigenvalue weighted by molar-refractivity contribution is 0.172. The molecular formula is C8H18ClNO3S. The lowest BCUT2D eigenvalue weighted by Gasteiger charge is -2.30. The molecule has 0 fully saturated rings. The first kappa shape index (κ1) is 14.2. The fourth-order valence-corrected chi connectivity index (χ4v) is 3.06. The van der Waals surface area contributed by atoms with Crippen molar-refractivity contribution in [1.29, 1.82) is 0 Å². The predicted molar refractivity (Wildman–Crippen MR) is 58.0 cm³/mol. The first-order chi connectivity index (χ1) is 6.45. The number of sulfonamides is 1. The average Bonchev–Trinajstić information content (AvgIpc) is 2.14. The van der Waals surface area contributed by atoms with Crippen molar-refractivity contribution < 1.29 is 13.5 Å². The molecular weight excluding hydrogens is 226 g/mol. The quantitative estimate of drug-likeness (QED) is 0.647. The largest absolute Gasteiger partial charge is 0.394 e. The van der Waals surface area contributed by atoms with Crippen molar-refractivity contribution in [2.45, 2.75) is 32.2 Å². The molecule has 0 heterocycles. The summed E-state index contributed by atoms with van der Waals surface area (Å²) in [6.45, 7) is 3.48. The minimum atomic E-state index is -3.37. The van der Waals surface area contributed by atoms with E-state index in [0.717, 1.165) is 0 Å². The van der Waals surface area contributed by atoms with Gasteiger partial charge in [-0.3, -0.25) is 0 Å². The molecule has 0 bridgehead atoms.